The molecule has 0 saturated carbocycles. The zero-order chi connectivity index (χ0) is 11.1. The van der Waals surface area contributed by atoms with Crippen molar-refractivity contribution >= 4 is 5.69 Å². The SMILES string of the molecule is C=CN/N=N\c1ccccc1CC(C)C. The molecule has 0 heterocycles. The van der Waals surface area contributed by atoms with Crippen LogP contribution < -0.4 is 5.43 Å². The molecule has 0 saturated heterocycles. The van der Waals surface area contributed by atoms with E-state index in [-0.39, 0.29) is 0 Å². The summed E-state index contributed by atoms with van der Waals surface area (Å²) in [7, 11) is 0. The van der Waals surface area contributed by atoms with Crippen molar-refractivity contribution in [2.24, 2.45) is 16.3 Å². The van der Waals surface area contributed by atoms with Crippen LogP contribution >= 0.6 is 0 Å². The second-order valence-corrected chi connectivity index (χ2v) is 3.76. The summed E-state index contributed by atoms with van der Waals surface area (Å²) in [5.74, 6) is 0.619. The van der Waals surface area contributed by atoms with E-state index in [1.165, 1.54) is 11.8 Å². The number of hydrogen-bond donors (Lipinski definition) is 1. The molecule has 0 aromatic heterocycles. The van der Waals surface area contributed by atoms with Gasteiger partial charge >= 0.3 is 0 Å². The van der Waals surface area contributed by atoms with Crippen LogP contribution in [0.3, 0.4) is 0 Å². The predicted molar refractivity (Wildman–Crippen MR) is 62.8 cm³/mol. The minimum Gasteiger partial charge on any atom is -0.268 e. The maximum atomic E-state index is 4.09. The summed E-state index contributed by atoms with van der Waals surface area (Å²) < 4.78 is 0. The van der Waals surface area contributed by atoms with Gasteiger partial charge in [0.1, 0.15) is 0 Å². The van der Waals surface area contributed by atoms with Crippen LogP contribution in [-0.4, -0.2) is 0 Å². The van der Waals surface area contributed by atoms with Crippen LogP contribution in [-0.2, 0) is 6.42 Å². The van der Waals surface area contributed by atoms with E-state index in [0.29, 0.717) is 5.92 Å². The standard InChI is InChI=1S/C12H17N3/c1-4-13-15-14-12-8-6-5-7-11(12)9-10(2)3/h4-8,10H,1,9H2,2-3H3,(H,13,14). The molecule has 0 aliphatic heterocycles. The summed E-state index contributed by atoms with van der Waals surface area (Å²) in [6.07, 6.45) is 2.51. The van der Waals surface area contributed by atoms with E-state index in [0.717, 1.165) is 12.1 Å². The molecule has 0 radical (unpaired) electrons. The number of hydrogen-bond acceptors (Lipinski definition) is 2. The zero-order valence-corrected chi connectivity index (χ0v) is 9.27. The monoisotopic (exact) mass is 203 g/mol. The molecule has 0 unspecified atom stereocenters. The van der Waals surface area contributed by atoms with Crippen molar-refractivity contribution in [1.82, 2.24) is 5.43 Å². The molecule has 3 heteroatoms. The molecule has 0 spiro atoms. The summed E-state index contributed by atoms with van der Waals surface area (Å²) in [5.41, 5.74) is 4.74. The van der Waals surface area contributed by atoms with Crippen molar-refractivity contribution in [3.8, 4) is 0 Å². The van der Waals surface area contributed by atoms with Gasteiger partial charge in [0.05, 0.1) is 5.69 Å². The van der Waals surface area contributed by atoms with Gasteiger partial charge in [0.25, 0.3) is 0 Å². The Morgan fingerprint density at radius 1 is 1.40 bits per heavy atom. The average Bonchev–Trinajstić information content (AvgIpc) is 2.20. The molecule has 15 heavy (non-hydrogen) atoms. The molecule has 0 bridgehead atoms. The molecular weight excluding hydrogens is 186 g/mol. The quantitative estimate of drug-likeness (QED) is 0.576. The summed E-state index contributed by atoms with van der Waals surface area (Å²) in [6, 6.07) is 8.04. The van der Waals surface area contributed by atoms with Crippen molar-refractivity contribution in [3.05, 3.63) is 42.6 Å². The number of benzene rings is 1. The first-order chi connectivity index (χ1) is 7.24. The van der Waals surface area contributed by atoms with E-state index in [1.54, 1.807) is 0 Å². The smallest absolute Gasteiger partial charge is 0.0906 e. The van der Waals surface area contributed by atoms with Gasteiger partial charge in [-0.25, -0.2) is 0 Å². The second kappa shape index (κ2) is 5.96. The van der Waals surface area contributed by atoms with E-state index < -0.39 is 0 Å². The van der Waals surface area contributed by atoms with Crippen LogP contribution in [0.1, 0.15) is 19.4 Å². The third kappa shape index (κ3) is 3.94. The molecule has 0 fully saturated rings. The van der Waals surface area contributed by atoms with E-state index >= 15 is 0 Å². The summed E-state index contributed by atoms with van der Waals surface area (Å²) in [6.45, 7) is 7.88. The highest BCUT2D eigenvalue weighted by molar-refractivity contribution is 5.45. The van der Waals surface area contributed by atoms with Crippen molar-refractivity contribution < 1.29 is 0 Å². The first kappa shape index (κ1) is 11.4. The highest BCUT2D eigenvalue weighted by atomic mass is 15.4. The third-order valence-electron chi connectivity index (χ3n) is 1.93. The van der Waals surface area contributed by atoms with Crippen molar-refractivity contribution in [3.63, 3.8) is 0 Å². The molecule has 1 rings (SSSR count). The maximum Gasteiger partial charge on any atom is 0.0906 e. The lowest BCUT2D eigenvalue weighted by Gasteiger charge is -2.06. The molecule has 0 amide bonds. The van der Waals surface area contributed by atoms with Crippen LogP contribution in [0.25, 0.3) is 0 Å². The fraction of sp³-hybridized carbons (Fsp3) is 0.333. The van der Waals surface area contributed by atoms with E-state index in [1.807, 2.05) is 18.2 Å². The summed E-state index contributed by atoms with van der Waals surface area (Å²) in [5, 5.41) is 7.88. The first-order valence-corrected chi connectivity index (χ1v) is 5.09. The van der Waals surface area contributed by atoms with E-state index in [4.69, 9.17) is 0 Å². The van der Waals surface area contributed by atoms with Gasteiger partial charge in [-0.05, 0) is 24.0 Å². The Morgan fingerprint density at radius 3 is 2.80 bits per heavy atom. The van der Waals surface area contributed by atoms with Gasteiger partial charge in [-0.2, -0.15) is 0 Å². The van der Waals surface area contributed by atoms with Crippen molar-refractivity contribution in [2.75, 3.05) is 0 Å². The first-order valence-electron chi connectivity index (χ1n) is 5.09. The molecule has 80 valence electrons. The lowest BCUT2D eigenvalue weighted by Crippen LogP contribution is -1.94. The van der Waals surface area contributed by atoms with Gasteiger partial charge in [0.15, 0.2) is 0 Å². The van der Waals surface area contributed by atoms with Crippen molar-refractivity contribution in [1.29, 1.82) is 0 Å². The van der Waals surface area contributed by atoms with Gasteiger partial charge in [-0.15, -0.1) is 5.11 Å². The van der Waals surface area contributed by atoms with Crippen LogP contribution in [0.15, 0.2) is 47.4 Å². The highest BCUT2D eigenvalue weighted by Crippen LogP contribution is 2.21. The molecular formula is C12H17N3. The zero-order valence-electron chi connectivity index (χ0n) is 9.27. The fourth-order valence-electron chi connectivity index (χ4n) is 1.34. The Morgan fingerprint density at radius 2 is 2.13 bits per heavy atom. The average molecular weight is 203 g/mol. The number of nitrogens with one attached hydrogen (secondary N) is 1. The predicted octanol–water partition coefficient (Wildman–Crippen LogP) is 3.62. The topological polar surface area (TPSA) is 36.8 Å². The molecule has 3 nitrogen and oxygen atoms in total. The Hall–Kier alpha value is -1.64. The molecule has 0 aliphatic carbocycles. The van der Waals surface area contributed by atoms with Crippen LogP contribution in [0, 0.1) is 5.92 Å². The van der Waals surface area contributed by atoms with Crippen LogP contribution in [0.5, 0.6) is 0 Å². The Kier molecular flexibility index (Phi) is 4.54. The van der Waals surface area contributed by atoms with Gasteiger partial charge in [-0.3, -0.25) is 5.43 Å². The third-order valence-corrected chi connectivity index (χ3v) is 1.93. The van der Waals surface area contributed by atoms with Gasteiger partial charge in [-0.1, -0.05) is 43.8 Å². The lowest BCUT2D eigenvalue weighted by molar-refractivity contribution is 0.647. The lowest BCUT2D eigenvalue weighted by atomic mass is 10.0. The van der Waals surface area contributed by atoms with Gasteiger partial charge in [0, 0.05) is 6.20 Å². The molecule has 1 N–H and O–H groups in total. The fourth-order valence-corrected chi connectivity index (χ4v) is 1.34. The number of rotatable bonds is 5. The molecule has 1 aromatic carbocycles. The van der Waals surface area contributed by atoms with E-state index in [9.17, 15) is 0 Å². The largest absolute Gasteiger partial charge is 0.268 e. The summed E-state index contributed by atoms with van der Waals surface area (Å²) >= 11 is 0. The highest BCUT2D eigenvalue weighted by Gasteiger charge is 2.02. The Labute approximate surface area is 90.9 Å². The number of nitrogens with zero attached hydrogens (tertiary/aromatic N) is 2. The Bertz CT molecular complexity index is 342. The minimum absolute atomic E-state index is 0.619. The van der Waals surface area contributed by atoms with Crippen molar-refractivity contribution in [2.45, 2.75) is 20.3 Å². The second-order valence-electron chi connectivity index (χ2n) is 3.76. The summed E-state index contributed by atoms with van der Waals surface area (Å²) in [4.78, 5) is 0. The van der Waals surface area contributed by atoms with Crippen LogP contribution in [0.4, 0.5) is 5.69 Å². The molecule has 0 atom stereocenters. The molecule has 1 aromatic rings. The Balaban J connectivity index is 2.81. The van der Waals surface area contributed by atoms with E-state index in [2.05, 4.69) is 42.3 Å². The maximum absolute atomic E-state index is 4.09. The van der Waals surface area contributed by atoms with Crippen LogP contribution in [0.2, 0.25) is 0 Å². The van der Waals surface area contributed by atoms with Gasteiger partial charge in [0.2, 0.25) is 0 Å². The van der Waals surface area contributed by atoms with Gasteiger partial charge < -0.3 is 0 Å². The minimum atomic E-state index is 0.619. The normalized spacial score (nSPS) is 10.9. The molecule has 0 aliphatic rings.